The van der Waals surface area contributed by atoms with E-state index in [9.17, 15) is 9.59 Å². The van der Waals surface area contributed by atoms with Crippen LogP contribution >= 0.6 is 15.9 Å². The molecule has 6 nitrogen and oxygen atoms in total. The molecule has 2 aromatic rings. The van der Waals surface area contributed by atoms with Crippen molar-refractivity contribution in [2.45, 2.75) is 6.42 Å². The van der Waals surface area contributed by atoms with Crippen LogP contribution in [0, 0.1) is 0 Å². The zero-order chi connectivity index (χ0) is 17.4. The molecule has 0 saturated heterocycles. The molecule has 2 rings (SSSR count). The van der Waals surface area contributed by atoms with Gasteiger partial charge in [0.1, 0.15) is 0 Å². The zero-order valence-electron chi connectivity index (χ0n) is 13.2. The van der Waals surface area contributed by atoms with Crippen molar-refractivity contribution in [2.24, 2.45) is 0 Å². The Morgan fingerprint density at radius 1 is 1.12 bits per heavy atom. The number of halogens is 1. The molecule has 2 N–H and O–H groups in total. The van der Waals surface area contributed by atoms with E-state index in [1.54, 1.807) is 19.2 Å². The van der Waals surface area contributed by atoms with Gasteiger partial charge >= 0.3 is 0 Å². The average Bonchev–Trinajstić information content (AvgIpc) is 2.60. The number of anilines is 1. The smallest absolute Gasteiger partial charge is 0.257 e. The van der Waals surface area contributed by atoms with Crippen LogP contribution in [0.4, 0.5) is 5.69 Å². The van der Waals surface area contributed by atoms with Gasteiger partial charge in [-0.05, 0) is 36.8 Å². The van der Waals surface area contributed by atoms with Gasteiger partial charge in [0.05, 0.1) is 11.1 Å². The number of rotatable bonds is 7. The number of hydrogen-bond donors (Lipinski definition) is 2. The van der Waals surface area contributed by atoms with Crippen molar-refractivity contribution in [3.8, 4) is 0 Å². The molecule has 0 bridgehead atoms. The molecule has 0 saturated carbocycles. The van der Waals surface area contributed by atoms with Gasteiger partial charge in [-0.1, -0.05) is 15.9 Å². The van der Waals surface area contributed by atoms with Gasteiger partial charge in [0, 0.05) is 42.8 Å². The van der Waals surface area contributed by atoms with E-state index in [2.05, 4.69) is 31.5 Å². The number of pyridine rings is 1. The first kappa shape index (κ1) is 18.1. The molecule has 0 fully saturated rings. The summed E-state index contributed by atoms with van der Waals surface area (Å²) in [4.78, 5) is 28.3. The lowest BCUT2D eigenvalue weighted by Crippen LogP contribution is -2.25. The first-order valence-electron chi connectivity index (χ1n) is 7.39. The van der Waals surface area contributed by atoms with Crippen molar-refractivity contribution in [1.82, 2.24) is 10.3 Å². The van der Waals surface area contributed by atoms with Crippen LogP contribution in [0.25, 0.3) is 0 Å². The topological polar surface area (TPSA) is 80.3 Å². The quantitative estimate of drug-likeness (QED) is 0.711. The second kappa shape index (κ2) is 9.14. The molecule has 7 heteroatoms. The van der Waals surface area contributed by atoms with E-state index in [1.807, 2.05) is 12.1 Å². The van der Waals surface area contributed by atoms with Gasteiger partial charge in [-0.15, -0.1) is 0 Å². The number of amides is 2. The molecule has 0 radical (unpaired) electrons. The molecule has 0 unspecified atom stereocenters. The third kappa shape index (κ3) is 5.43. The number of ether oxygens (including phenoxy) is 1. The van der Waals surface area contributed by atoms with Crippen LogP contribution in [0.3, 0.4) is 0 Å². The van der Waals surface area contributed by atoms with Crippen molar-refractivity contribution in [3.05, 3.63) is 58.3 Å². The van der Waals surface area contributed by atoms with Crippen LogP contribution in [0.5, 0.6) is 0 Å². The SMILES string of the molecule is COCCCNC(=O)c1cncc(C(=O)Nc2ccc(Br)cc2)c1. The monoisotopic (exact) mass is 391 g/mol. The van der Waals surface area contributed by atoms with Gasteiger partial charge in [-0.25, -0.2) is 0 Å². The van der Waals surface area contributed by atoms with Crippen molar-refractivity contribution >= 4 is 33.4 Å². The maximum atomic E-state index is 12.3. The molecular formula is C17H18BrN3O3. The first-order valence-corrected chi connectivity index (χ1v) is 8.18. The predicted molar refractivity (Wildman–Crippen MR) is 95.2 cm³/mol. The summed E-state index contributed by atoms with van der Waals surface area (Å²) in [6, 6.07) is 8.74. The predicted octanol–water partition coefficient (Wildman–Crippen LogP) is 2.86. The summed E-state index contributed by atoms with van der Waals surface area (Å²) < 4.78 is 5.85. The minimum absolute atomic E-state index is 0.267. The third-order valence-electron chi connectivity index (χ3n) is 3.18. The van der Waals surface area contributed by atoms with Crippen LogP contribution in [0.15, 0.2) is 47.2 Å². The summed E-state index contributed by atoms with van der Waals surface area (Å²) in [7, 11) is 1.61. The average molecular weight is 392 g/mol. The molecule has 1 heterocycles. The number of benzene rings is 1. The number of nitrogens with one attached hydrogen (secondary N) is 2. The molecule has 0 aliphatic heterocycles. The Balaban J connectivity index is 1.99. The van der Waals surface area contributed by atoms with Gasteiger partial charge in [0.15, 0.2) is 0 Å². The molecule has 1 aromatic carbocycles. The molecule has 0 aliphatic carbocycles. The van der Waals surface area contributed by atoms with Crippen LogP contribution in [0.2, 0.25) is 0 Å². The fraction of sp³-hybridized carbons (Fsp3) is 0.235. The Morgan fingerprint density at radius 2 is 1.79 bits per heavy atom. The summed E-state index contributed by atoms with van der Waals surface area (Å²) in [6.45, 7) is 1.08. The van der Waals surface area contributed by atoms with E-state index in [1.165, 1.54) is 18.5 Å². The number of carbonyl (C=O) groups is 2. The summed E-state index contributed by atoms with van der Waals surface area (Å²) >= 11 is 3.34. The Hall–Kier alpha value is -2.25. The Morgan fingerprint density at radius 3 is 2.46 bits per heavy atom. The normalized spacial score (nSPS) is 10.2. The number of hydrogen-bond acceptors (Lipinski definition) is 4. The minimum atomic E-state index is -0.321. The third-order valence-corrected chi connectivity index (χ3v) is 3.70. The zero-order valence-corrected chi connectivity index (χ0v) is 14.8. The van der Waals surface area contributed by atoms with Crippen LogP contribution in [-0.4, -0.2) is 37.1 Å². The fourth-order valence-corrected chi connectivity index (χ4v) is 2.21. The summed E-state index contributed by atoms with van der Waals surface area (Å²) in [5.74, 6) is -0.587. The molecule has 0 spiro atoms. The highest BCUT2D eigenvalue weighted by atomic mass is 79.9. The van der Waals surface area contributed by atoms with E-state index >= 15 is 0 Å². The van der Waals surface area contributed by atoms with E-state index in [4.69, 9.17) is 4.74 Å². The van der Waals surface area contributed by atoms with Gasteiger partial charge in [0.2, 0.25) is 0 Å². The highest BCUT2D eigenvalue weighted by Gasteiger charge is 2.11. The molecule has 0 atom stereocenters. The van der Waals surface area contributed by atoms with Crippen molar-refractivity contribution < 1.29 is 14.3 Å². The maximum absolute atomic E-state index is 12.3. The van der Waals surface area contributed by atoms with Crippen LogP contribution in [0.1, 0.15) is 27.1 Å². The van der Waals surface area contributed by atoms with E-state index in [-0.39, 0.29) is 11.8 Å². The molecule has 126 valence electrons. The lowest BCUT2D eigenvalue weighted by molar-refractivity contribution is 0.0948. The highest BCUT2D eigenvalue weighted by Crippen LogP contribution is 2.15. The van der Waals surface area contributed by atoms with Crippen molar-refractivity contribution in [2.75, 3.05) is 25.6 Å². The summed E-state index contributed by atoms with van der Waals surface area (Å²) in [5, 5.41) is 5.52. The minimum Gasteiger partial charge on any atom is -0.385 e. The number of nitrogens with zero attached hydrogens (tertiary/aromatic N) is 1. The Bertz CT molecular complexity index is 704. The lowest BCUT2D eigenvalue weighted by atomic mass is 10.2. The van der Waals surface area contributed by atoms with Gasteiger partial charge < -0.3 is 15.4 Å². The van der Waals surface area contributed by atoms with Gasteiger partial charge in [0.25, 0.3) is 11.8 Å². The maximum Gasteiger partial charge on any atom is 0.257 e. The Labute approximate surface area is 148 Å². The second-order valence-electron chi connectivity index (χ2n) is 5.03. The van der Waals surface area contributed by atoms with E-state index in [0.717, 1.165) is 10.9 Å². The highest BCUT2D eigenvalue weighted by molar-refractivity contribution is 9.10. The van der Waals surface area contributed by atoms with Crippen LogP contribution in [-0.2, 0) is 4.74 Å². The molecule has 2 amide bonds. The molecule has 24 heavy (non-hydrogen) atoms. The van der Waals surface area contributed by atoms with Crippen LogP contribution < -0.4 is 10.6 Å². The van der Waals surface area contributed by atoms with Gasteiger partial charge in [-0.3, -0.25) is 14.6 Å². The van der Waals surface area contributed by atoms with E-state index < -0.39 is 0 Å². The second-order valence-corrected chi connectivity index (χ2v) is 5.94. The van der Waals surface area contributed by atoms with Gasteiger partial charge in [-0.2, -0.15) is 0 Å². The molecule has 1 aromatic heterocycles. The van der Waals surface area contributed by atoms with E-state index in [0.29, 0.717) is 30.0 Å². The summed E-state index contributed by atoms with van der Waals surface area (Å²) in [5.41, 5.74) is 1.33. The standard InChI is InChI=1S/C17H18BrN3O3/c1-24-8-2-7-20-16(22)12-9-13(11-19-10-12)17(23)21-15-5-3-14(18)4-6-15/h3-6,9-11H,2,7-8H2,1H3,(H,20,22)(H,21,23). The van der Waals surface area contributed by atoms with Crippen molar-refractivity contribution in [3.63, 3.8) is 0 Å². The molecule has 0 aliphatic rings. The lowest BCUT2D eigenvalue weighted by Gasteiger charge is -2.07. The number of aromatic nitrogens is 1. The fourth-order valence-electron chi connectivity index (χ4n) is 1.95. The number of carbonyl (C=O) groups excluding carboxylic acids is 2. The largest absolute Gasteiger partial charge is 0.385 e. The Kier molecular flexibility index (Phi) is 6.89. The summed E-state index contributed by atoms with van der Waals surface area (Å²) in [6.07, 6.45) is 3.58. The molecular weight excluding hydrogens is 374 g/mol. The first-order chi connectivity index (χ1) is 11.6. The number of methoxy groups -OCH3 is 1. The van der Waals surface area contributed by atoms with Crippen molar-refractivity contribution in [1.29, 1.82) is 0 Å².